The molecule has 1 heterocycles. The van der Waals surface area contributed by atoms with Gasteiger partial charge in [-0.25, -0.2) is 0 Å². The number of Topliss-reactive ketones (excluding diaryl/α,β-unsaturated/α-hetero) is 1. The first-order chi connectivity index (χ1) is 8.30. The smallest absolute Gasteiger partial charge is 0.392 e. The van der Waals surface area contributed by atoms with Crippen molar-refractivity contribution in [3.05, 3.63) is 30.1 Å². The third kappa shape index (κ3) is 4.15. The number of aromatic nitrogens is 1. The third-order valence-electron chi connectivity index (χ3n) is 2.27. The molecule has 0 radical (unpaired) electrons. The summed E-state index contributed by atoms with van der Waals surface area (Å²) in [5, 5.41) is 8.40. The van der Waals surface area contributed by atoms with E-state index in [1.54, 1.807) is 0 Å². The minimum absolute atomic E-state index is 0.0999. The highest BCUT2D eigenvalue weighted by molar-refractivity contribution is 5.94. The van der Waals surface area contributed by atoms with Gasteiger partial charge in [0, 0.05) is 12.6 Å². The molecule has 0 saturated heterocycles. The van der Waals surface area contributed by atoms with Gasteiger partial charge < -0.3 is 5.11 Å². The second-order valence-electron chi connectivity index (χ2n) is 3.68. The van der Waals surface area contributed by atoms with Crippen LogP contribution in [0.3, 0.4) is 0 Å². The number of nitrogens with zero attached hydrogens (tertiary/aromatic N) is 1. The molecule has 0 amide bonds. The molecule has 7 heteroatoms. The Kier molecular flexibility index (Phi) is 4.41. The molecule has 0 aliphatic heterocycles. The topological polar surface area (TPSA) is 67.3 Å². The number of carbonyl (C=O) groups is 2. The molecule has 0 spiro atoms. The van der Waals surface area contributed by atoms with Crippen molar-refractivity contribution in [3.63, 3.8) is 0 Å². The lowest BCUT2D eigenvalue weighted by Gasteiger charge is -2.17. The van der Waals surface area contributed by atoms with Gasteiger partial charge in [0.05, 0.1) is 12.3 Å². The molecule has 1 aromatic rings. The standard InChI is InChI=1S/C11H10F3NO3/c12-11(13,14)7(6-10(17)18)5-9(16)8-3-1-2-4-15-8/h1-4,7H,5-6H2,(H,17,18). The molecule has 1 rings (SSSR count). The van der Waals surface area contributed by atoms with Crippen LogP contribution in [0.4, 0.5) is 13.2 Å². The van der Waals surface area contributed by atoms with Gasteiger partial charge in [-0.1, -0.05) is 6.07 Å². The van der Waals surface area contributed by atoms with Crippen molar-refractivity contribution < 1.29 is 27.9 Å². The zero-order valence-corrected chi connectivity index (χ0v) is 9.15. The fourth-order valence-corrected chi connectivity index (χ4v) is 1.37. The molecule has 0 aromatic carbocycles. The molecule has 1 N–H and O–H groups in total. The zero-order chi connectivity index (χ0) is 13.8. The van der Waals surface area contributed by atoms with Gasteiger partial charge in [-0.05, 0) is 12.1 Å². The highest BCUT2D eigenvalue weighted by Gasteiger charge is 2.42. The molecule has 18 heavy (non-hydrogen) atoms. The van der Waals surface area contributed by atoms with E-state index in [1.165, 1.54) is 24.4 Å². The monoisotopic (exact) mass is 261 g/mol. The Hall–Kier alpha value is -1.92. The summed E-state index contributed by atoms with van der Waals surface area (Å²) >= 11 is 0. The van der Waals surface area contributed by atoms with Crippen LogP contribution in [-0.4, -0.2) is 28.0 Å². The quantitative estimate of drug-likeness (QED) is 0.826. The predicted molar refractivity (Wildman–Crippen MR) is 55.0 cm³/mol. The molecule has 1 unspecified atom stereocenters. The van der Waals surface area contributed by atoms with Crippen LogP contribution in [0.15, 0.2) is 24.4 Å². The molecule has 0 fully saturated rings. The van der Waals surface area contributed by atoms with Crippen molar-refractivity contribution in [2.24, 2.45) is 5.92 Å². The Morgan fingerprint density at radius 1 is 1.28 bits per heavy atom. The maximum absolute atomic E-state index is 12.5. The van der Waals surface area contributed by atoms with Crippen LogP contribution < -0.4 is 0 Å². The molecule has 1 aromatic heterocycles. The van der Waals surface area contributed by atoms with Gasteiger partial charge in [-0.2, -0.15) is 13.2 Å². The number of carboxylic acids is 1. The molecular formula is C11H10F3NO3. The number of hydrogen-bond acceptors (Lipinski definition) is 3. The molecule has 0 aliphatic carbocycles. The summed E-state index contributed by atoms with van der Waals surface area (Å²) in [6.07, 6.45) is -5.47. The van der Waals surface area contributed by atoms with E-state index in [0.717, 1.165) is 0 Å². The van der Waals surface area contributed by atoms with Gasteiger partial charge in [-0.3, -0.25) is 14.6 Å². The number of halogens is 3. The van der Waals surface area contributed by atoms with Crippen LogP contribution in [0.5, 0.6) is 0 Å². The number of pyridine rings is 1. The SMILES string of the molecule is O=C(O)CC(CC(=O)c1ccccn1)C(F)(F)F. The molecule has 0 bridgehead atoms. The van der Waals surface area contributed by atoms with Crippen LogP contribution in [0, 0.1) is 5.92 Å². The number of hydrogen-bond donors (Lipinski definition) is 1. The Morgan fingerprint density at radius 3 is 2.39 bits per heavy atom. The van der Waals surface area contributed by atoms with E-state index in [2.05, 4.69) is 4.98 Å². The second-order valence-corrected chi connectivity index (χ2v) is 3.68. The van der Waals surface area contributed by atoms with Gasteiger partial charge in [0.1, 0.15) is 5.69 Å². The zero-order valence-electron chi connectivity index (χ0n) is 9.15. The van der Waals surface area contributed by atoms with E-state index < -0.39 is 36.7 Å². The highest BCUT2D eigenvalue weighted by Crippen LogP contribution is 2.32. The second kappa shape index (κ2) is 5.61. The minimum Gasteiger partial charge on any atom is -0.481 e. The van der Waals surface area contributed by atoms with Gasteiger partial charge in [0.2, 0.25) is 0 Å². The van der Waals surface area contributed by atoms with Crippen molar-refractivity contribution in [3.8, 4) is 0 Å². The minimum atomic E-state index is -4.72. The van der Waals surface area contributed by atoms with Gasteiger partial charge in [0.15, 0.2) is 5.78 Å². The first-order valence-electron chi connectivity index (χ1n) is 5.03. The molecule has 4 nitrogen and oxygen atoms in total. The molecular weight excluding hydrogens is 251 g/mol. The number of rotatable bonds is 5. The van der Waals surface area contributed by atoms with Crippen molar-refractivity contribution in [1.82, 2.24) is 4.98 Å². The lowest BCUT2D eigenvalue weighted by Crippen LogP contribution is -2.28. The number of alkyl halides is 3. The largest absolute Gasteiger partial charge is 0.481 e. The summed E-state index contributed by atoms with van der Waals surface area (Å²) in [6, 6.07) is 4.28. The summed E-state index contributed by atoms with van der Waals surface area (Å²) in [5.41, 5.74) is -0.0999. The summed E-state index contributed by atoms with van der Waals surface area (Å²) in [6.45, 7) is 0. The van der Waals surface area contributed by atoms with Crippen molar-refractivity contribution >= 4 is 11.8 Å². The summed E-state index contributed by atoms with van der Waals surface area (Å²) < 4.78 is 37.6. The van der Waals surface area contributed by atoms with Crippen LogP contribution in [-0.2, 0) is 4.79 Å². The summed E-state index contributed by atoms with van der Waals surface area (Å²) in [4.78, 5) is 25.5. The third-order valence-corrected chi connectivity index (χ3v) is 2.27. The summed E-state index contributed by atoms with van der Waals surface area (Å²) in [5.74, 6) is -4.60. The maximum Gasteiger partial charge on any atom is 0.392 e. The highest BCUT2D eigenvalue weighted by atomic mass is 19.4. The maximum atomic E-state index is 12.5. The van der Waals surface area contributed by atoms with Crippen LogP contribution in [0.1, 0.15) is 23.3 Å². The van der Waals surface area contributed by atoms with E-state index in [9.17, 15) is 22.8 Å². The molecule has 0 saturated carbocycles. The van der Waals surface area contributed by atoms with E-state index in [1.807, 2.05) is 0 Å². The fourth-order valence-electron chi connectivity index (χ4n) is 1.37. The summed E-state index contributed by atoms with van der Waals surface area (Å²) in [7, 11) is 0. The number of carboxylic acid groups (broad SMARTS) is 1. The van der Waals surface area contributed by atoms with E-state index in [-0.39, 0.29) is 5.69 Å². The van der Waals surface area contributed by atoms with Gasteiger partial charge in [-0.15, -0.1) is 0 Å². The predicted octanol–water partition coefficient (Wildman–Crippen LogP) is 2.31. The number of ketones is 1. The Morgan fingerprint density at radius 2 is 1.94 bits per heavy atom. The molecule has 0 aliphatic rings. The Balaban J connectivity index is 2.78. The number of carbonyl (C=O) groups excluding carboxylic acids is 1. The lowest BCUT2D eigenvalue weighted by atomic mass is 9.96. The van der Waals surface area contributed by atoms with Crippen molar-refractivity contribution in [2.75, 3.05) is 0 Å². The van der Waals surface area contributed by atoms with E-state index in [0.29, 0.717) is 0 Å². The average Bonchev–Trinajstić information content (AvgIpc) is 2.27. The van der Waals surface area contributed by atoms with E-state index in [4.69, 9.17) is 5.11 Å². The van der Waals surface area contributed by atoms with Crippen molar-refractivity contribution in [2.45, 2.75) is 19.0 Å². The van der Waals surface area contributed by atoms with Crippen LogP contribution in [0.25, 0.3) is 0 Å². The van der Waals surface area contributed by atoms with Crippen LogP contribution >= 0.6 is 0 Å². The lowest BCUT2D eigenvalue weighted by molar-refractivity contribution is -0.182. The van der Waals surface area contributed by atoms with Gasteiger partial charge in [0.25, 0.3) is 0 Å². The first-order valence-corrected chi connectivity index (χ1v) is 5.03. The molecule has 98 valence electrons. The first kappa shape index (κ1) is 14.1. The van der Waals surface area contributed by atoms with Gasteiger partial charge >= 0.3 is 12.1 Å². The Labute approximate surface area is 100 Å². The average molecular weight is 261 g/mol. The number of aliphatic carboxylic acids is 1. The fraction of sp³-hybridized carbons (Fsp3) is 0.364. The van der Waals surface area contributed by atoms with E-state index >= 15 is 0 Å². The molecule has 1 atom stereocenters. The normalized spacial score (nSPS) is 13.1. The van der Waals surface area contributed by atoms with Crippen LogP contribution in [0.2, 0.25) is 0 Å². The van der Waals surface area contributed by atoms with Crippen molar-refractivity contribution in [1.29, 1.82) is 0 Å². The Bertz CT molecular complexity index is 431.